The number of nitrogens with one attached hydrogen (secondary N) is 1. The Kier molecular flexibility index (Phi) is 4.06. The second kappa shape index (κ2) is 5.75. The lowest BCUT2D eigenvalue weighted by molar-refractivity contribution is 0.102. The zero-order valence-corrected chi connectivity index (χ0v) is 11.2. The van der Waals surface area contributed by atoms with E-state index >= 15 is 0 Å². The van der Waals surface area contributed by atoms with Crippen LogP contribution in [0.5, 0.6) is 0 Å². The van der Waals surface area contributed by atoms with Crippen LogP contribution in [0.4, 0.5) is 5.69 Å². The first-order valence-electron chi connectivity index (χ1n) is 5.37. The minimum Gasteiger partial charge on any atom is -0.322 e. The van der Waals surface area contributed by atoms with Crippen LogP contribution in [0.2, 0.25) is 10.0 Å². The molecule has 1 N–H and O–H groups in total. The van der Waals surface area contributed by atoms with Crippen molar-refractivity contribution in [1.82, 2.24) is 0 Å². The van der Waals surface area contributed by atoms with Crippen molar-refractivity contribution < 1.29 is 4.79 Å². The molecular formula is C14H8Cl2N2O. The number of hydrogen-bond acceptors (Lipinski definition) is 2. The van der Waals surface area contributed by atoms with Crippen molar-refractivity contribution in [2.45, 2.75) is 0 Å². The third-order valence-corrected chi connectivity index (χ3v) is 3.09. The second-order valence-electron chi connectivity index (χ2n) is 3.74. The summed E-state index contributed by atoms with van der Waals surface area (Å²) in [4.78, 5) is 12.1. The quantitative estimate of drug-likeness (QED) is 0.905. The Morgan fingerprint density at radius 2 is 1.63 bits per heavy atom. The van der Waals surface area contributed by atoms with E-state index in [1.165, 1.54) is 0 Å². The normalized spacial score (nSPS) is 9.74. The Balaban J connectivity index is 2.23. The monoisotopic (exact) mass is 290 g/mol. The summed E-state index contributed by atoms with van der Waals surface area (Å²) in [5.41, 5.74) is 1.32. The van der Waals surface area contributed by atoms with Crippen LogP contribution in [0.15, 0.2) is 42.5 Å². The van der Waals surface area contributed by atoms with Gasteiger partial charge < -0.3 is 5.32 Å². The molecule has 0 aliphatic rings. The Bertz CT molecular complexity index is 640. The Hall–Kier alpha value is -2.02. The summed E-state index contributed by atoms with van der Waals surface area (Å²) in [6.45, 7) is 0. The Morgan fingerprint density at radius 3 is 2.16 bits per heavy atom. The van der Waals surface area contributed by atoms with Crippen LogP contribution < -0.4 is 5.32 Å². The number of anilines is 1. The number of nitrogens with zero attached hydrogens (tertiary/aromatic N) is 1. The largest absolute Gasteiger partial charge is 0.322 e. The van der Waals surface area contributed by atoms with Crippen LogP contribution in [0.3, 0.4) is 0 Å². The molecule has 0 aliphatic heterocycles. The molecule has 3 nitrogen and oxygen atoms in total. The molecule has 94 valence electrons. The van der Waals surface area contributed by atoms with Gasteiger partial charge in [-0.1, -0.05) is 29.3 Å². The van der Waals surface area contributed by atoms with Crippen molar-refractivity contribution in [3.05, 3.63) is 63.6 Å². The fraction of sp³-hybridized carbons (Fsp3) is 0. The average Bonchev–Trinajstić information content (AvgIpc) is 2.39. The highest BCUT2D eigenvalue weighted by molar-refractivity contribution is 6.40. The lowest BCUT2D eigenvalue weighted by Gasteiger charge is -2.08. The second-order valence-corrected chi connectivity index (χ2v) is 4.55. The van der Waals surface area contributed by atoms with Crippen molar-refractivity contribution in [2.75, 3.05) is 5.32 Å². The molecule has 1 amide bonds. The van der Waals surface area contributed by atoms with Crippen LogP contribution in [0.1, 0.15) is 15.9 Å². The van der Waals surface area contributed by atoms with Gasteiger partial charge in [-0.05, 0) is 36.4 Å². The smallest absolute Gasteiger partial charge is 0.258 e. The number of halogens is 2. The summed E-state index contributed by atoms with van der Waals surface area (Å²) in [5.74, 6) is -0.389. The van der Waals surface area contributed by atoms with E-state index < -0.39 is 0 Å². The van der Waals surface area contributed by atoms with Crippen LogP contribution in [0.25, 0.3) is 0 Å². The average molecular weight is 291 g/mol. The summed E-state index contributed by atoms with van der Waals surface area (Å²) < 4.78 is 0. The molecule has 0 fully saturated rings. The van der Waals surface area contributed by atoms with Crippen LogP contribution in [0, 0.1) is 11.3 Å². The number of rotatable bonds is 2. The number of amides is 1. The number of carbonyl (C=O) groups excluding carboxylic acids is 1. The summed E-state index contributed by atoms with van der Waals surface area (Å²) in [6, 6.07) is 13.4. The standard InChI is InChI=1S/C14H8Cl2N2O/c15-11-2-1-3-12(16)13(11)14(19)18-10-6-4-9(8-17)5-7-10/h1-7H,(H,18,19). The van der Waals surface area contributed by atoms with E-state index in [1.807, 2.05) is 6.07 Å². The minimum absolute atomic E-state index is 0.232. The van der Waals surface area contributed by atoms with Gasteiger partial charge in [0.05, 0.1) is 27.2 Å². The van der Waals surface area contributed by atoms with Crippen LogP contribution in [-0.2, 0) is 0 Å². The molecule has 0 aromatic heterocycles. The molecule has 0 spiro atoms. The number of nitriles is 1. The van der Waals surface area contributed by atoms with Crippen molar-refractivity contribution in [2.24, 2.45) is 0 Å². The third kappa shape index (κ3) is 3.05. The first-order chi connectivity index (χ1) is 9.11. The van der Waals surface area contributed by atoms with Gasteiger partial charge in [0.1, 0.15) is 0 Å². The Morgan fingerprint density at radius 1 is 1.05 bits per heavy atom. The predicted octanol–water partition coefficient (Wildman–Crippen LogP) is 4.12. The van der Waals surface area contributed by atoms with Crippen molar-refractivity contribution in [3.63, 3.8) is 0 Å². The van der Waals surface area contributed by atoms with E-state index in [1.54, 1.807) is 42.5 Å². The molecule has 0 atom stereocenters. The fourth-order valence-corrected chi connectivity index (χ4v) is 2.11. The van der Waals surface area contributed by atoms with E-state index in [2.05, 4.69) is 5.32 Å². The van der Waals surface area contributed by atoms with Gasteiger partial charge >= 0.3 is 0 Å². The highest BCUT2D eigenvalue weighted by atomic mass is 35.5. The van der Waals surface area contributed by atoms with Gasteiger partial charge in [-0.15, -0.1) is 0 Å². The third-order valence-electron chi connectivity index (χ3n) is 2.46. The molecular weight excluding hydrogens is 283 g/mol. The zero-order valence-electron chi connectivity index (χ0n) is 9.65. The molecule has 0 aliphatic carbocycles. The lowest BCUT2D eigenvalue weighted by Crippen LogP contribution is -2.13. The molecule has 5 heteroatoms. The maximum atomic E-state index is 12.1. The molecule has 0 heterocycles. The van der Waals surface area contributed by atoms with Crippen LogP contribution in [-0.4, -0.2) is 5.91 Å². The van der Waals surface area contributed by atoms with E-state index in [4.69, 9.17) is 28.5 Å². The lowest BCUT2D eigenvalue weighted by atomic mass is 10.2. The summed E-state index contributed by atoms with van der Waals surface area (Å²) >= 11 is 11.9. The maximum absolute atomic E-state index is 12.1. The first kappa shape index (κ1) is 13.4. The number of carbonyl (C=O) groups is 1. The summed E-state index contributed by atoms with van der Waals surface area (Å²) in [7, 11) is 0. The van der Waals surface area contributed by atoms with E-state index in [0.717, 1.165) is 0 Å². The molecule has 0 saturated carbocycles. The van der Waals surface area contributed by atoms with E-state index in [0.29, 0.717) is 21.3 Å². The van der Waals surface area contributed by atoms with Gasteiger partial charge in [-0.25, -0.2) is 0 Å². The van der Waals surface area contributed by atoms with E-state index in [9.17, 15) is 4.79 Å². The van der Waals surface area contributed by atoms with Crippen molar-refractivity contribution >= 4 is 34.8 Å². The van der Waals surface area contributed by atoms with Gasteiger partial charge in [0.15, 0.2) is 0 Å². The summed E-state index contributed by atoms with van der Waals surface area (Å²) in [5, 5.41) is 11.9. The number of hydrogen-bond donors (Lipinski definition) is 1. The topological polar surface area (TPSA) is 52.9 Å². The maximum Gasteiger partial charge on any atom is 0.258 e. The molecule has 0 unspecified atom stereocenters. The molecule has 19 heavy (non-hydrogen) atoms. The zero-order chi connectivity index (χ0) is 13.8. The molecule has 2 aromatic carbocycles. The molecule has 2 rings (SSSR count). The van der Waals surface area contributed by atoms with Crippen LogP contribution >= 0.6 is 23.2 Å². The van der Waals surface area contributed by atoms with Gasteiger partial charge in [-0.3, -0.25) is 4.79 Å². The predicted molar refractivity (Wildman–Crippen MR) is 75.6 cm³/mol. The van der Waals surface area contributed by atoms with Gasteiger partial charge in [0, 0.05) is 5.69 Å². The van der Waals surface area contributed by atoms with Crippen molar-refractivity contribution in [1.29, 1.82) is 5.26 Å². The SMILES string of the molecule is N#Cc1ccc(NC(=O)c2c(Cl)cccc2Cl)cc1. The highest BCUT2D eigenvalue weighted by Crippen LogP contribution is 2.25. The van der Waals surface area contributed by atoms with Gasteiger partial charge in [0.2, 0.25) is 0 Å². The summed E-state index contributed by atoms with van der Waals surface area (Å²) in [6.07, 6.45) is 0. The minimum atomic E-state index is -0.389. The molecule has 0 saturated heterocycles. The van der Waals surface area contributed by atoms with E-state index in [-0.39, 0.29) is 11.5 Å². The highest BCUT2D eigenvalue weighted by Gasteiger charge is 2.14. The first-order valence-corrected chi connectivity index (χ1v) is 6.13. The Labute approximate surface area is 120 Å². The molecule has 2 aromatic rings. The van der Waals surface area contributed by atoms with Crippen molar-refractivity contribution in [3.8, 4) is 6.07 Å². The van der Waals surface area contributed by atoms with Gasteiger partial charge in [-0.2, -0.15) is 5.26 Å². The molecule has 0 bridgehead atoms. The van der Waals surface area contributed by atoms with Gasteiger partial charge in [0.25, 0.3) is 5.91 Å². The molecule has 0 radical (unpaired) electrons. The number of benzene rings is 2. The fourth-order valence-electron chi connectivity index (χ4n) is 1.54.